The van der Waals surface area contributed by atoms with Crippen molar-refractivity contribution in [1.82, 2.24) is 10.1 Å². The molecule has 0 radical (unpaired) electrons. The number of nitrogens with two attached hydrogens (primary N) is 1. The Kier molecular flexibility index (Phi) is 2.60. The van der Waals surface area contributed by atoms with Crippen LogP contribution in [0.4, 0.5) is 0 Å². The first-order valence-corrected chi connectivity index (χ1v) is 4.87. The molecule has 1 aromatic heterocycles. The van der Waals surface area contributed by atoms with E-state index in [-0.39, 0.29) is 6.54 Å². The fourth-order valence-electron chi connectivity index (χ4n) is 1.05. The maximum absolute atomic E-state index is 5.36. The average Bonchev–Trinajstić information content (AvgIpc) is 2.67. The molecule has 0 fully saturated rings. The van der Waals surface area contributed by atoms with E-state index < -0.39 is 0 Å². The zero-order valence-corrected chi connectivity index (χ0v) is 8.86. The van der Waals surface area contributed by atoms with Crippen molar-refractivity contribution in [3.05, 3.63) is 34.6 Å². The van der Waals surface area contributed by atoms with Gasteiger partial charge in [0.25, 0.3) is 0 Å². The molecule has 0 amide bonds. The Hall–Kier alpha value is -1.20. The van der Waals surface area contributed by atoms with E-state index in [9.17, 15) is 0 Å². The van der Waals surface area contributed by atoms with Gasteiger partial charge in [-0.3, -0.25) is 0 Å². The van der Waals surface area contributed by atoms with Gasteiger partial charge in [-0.1, -0.05) is 21.1 Å². The molecule has 2 rings (SSSR count). The summed E-state index contributed by atoms with van der Waals surface area (Å²) in [6.07, 6.45) is 0. The molecule has 0 atom stereocenters. The van der Waals surface area contributed by atoms with E-state index in [2.05, 4.69) is 26.1 Å². The molecule has 0 spiro atoms. The van der Waals surface area contributed by atoms with Crippen molar-refractivity contribution < 1.29 is 4.52 Å². The Morgan fingerprint density at radius 2 is 2.00 bits per heavy atom. The highest BCUT2D eigenvalue weighted by Gasteiger charge is 2.06. The summed E-state index contributed by atoms with van der Waals surface area (Å²) in [7, 11) is 0. The van der Waals surface area contributed by atoms with Gasteiger partial charge in [0.2, 0.25) is 11.7 Å². The summed E-state index contributed by atoms with van der Waals surface area (Å²) < 4.78 is 5.92. The largest absolute Gasteiger partial charge is 0.338 e. The van der Waals surface area contributed by atoms with Crippen LogP contribution in [0.25, 0.3) is 11.4 Å². The predicted molar refractivity (Wildman–Crippen MR) is 55.3 cm³/mol. The van der Waals surface area contributed by atoms with E-state index in [1.165, 1.54) is 0 Å². The number of benzene rings is 1. The van der Waals surface area contributed by atoms with Crippen LogP contribution in [0.5, 0.6) is 0 Å². The minimum atomic E-state index is 0.267. The first kappa shape index (κ1) is 9.36. The van der Waals surface area contributed by atoms with Gasteiger partial charge >= 0.3 is 0 Å². The van der Waals surface area contributed by atoms with Crippen LogP contribution in [0.1, 0.15) is 5.89 Å². The fraction of sp³-hybridized carbons (Fsp3) is 0.111. The highest BCUT2D eigenvalue weighted by atomic mass is 79.9. The van der Waals surface area contributed by atoms with Gasteiger partial charge in [-0.25, -0.2) is 0 Å². The van der Waals surface area contributed by atoms with Gasteiger partial charge < -0.3 is 10.3 Å². The molecule has 0 unspecified atom stereocenters. The Labute approximate surface area is 89.2 Å². The maximum atomic E-state index is 5.36. The lowest BCUT2D eigenvalue weighted by Gasteiger charge is -1.93. The zero-order chi connectivity index (χ0) is 9.97. The van der Waals surface area contributed by atoms with Crippen LogP contribution >= 0.6 is 15.9 Å². The van der Waals surface area contributed by atoms with E-state index in [4.69, 9.17) is 10.3 Å². The lowest BCUT2D eigenvalue weighted by molar-refractivity contribution is 0.380. The molecule has 2 N–H and O–H groups in total. The predicted octanol–water partition coefficient (Wildman–Crippen LogP) is 1.96. The number of hydrogen-bond acceptors (Lipinski definition) is 4. The Morgan fingerprint density at radius 1 is 1.29 bits per heavy atom. The van der Waals surface area contributed by atoms with E-state index in [1.54, 1.807) is 0 Å². The van der Waals surface area contributed by atoms with Gasteiger partial charge in [-0.05, 0) is 24.3 Å². The molecule has 2 aromatic rings. The van der Waals surface area contributed by atoms with Crippen molar-refractivity contribution >= 4 is 15.9 Å². The van der Waals surface area contributed by atoms with E-state index >= 15 is 0 Å². The molecule has 0 aliphatic carbocycles. The normalized spacial score (nSPS) is 10.4. The van der Waals surface area contributed by atoms with Crippen LogP contribution in [0.15, 0.2) is 33.3 Å². The van der Waals surface area contributed by atoms with Crippen LogP contribution in [0.2, 0.25) is 0 Å². The van der Waals surface area contributed by atoms with Crippen molar-refractivity contribution in [2.75, 3.05) is 0 Å². The molecule has 4 nitrogen and oxygen atoms in total. The quantitative estimate of drug-likeness (QED) is 0.889. The summed E-state index contributed by atoms with van der Waals surface area (Å²) in [6, 6.07) is 7.67. The monoisotopic (exact) mass is 253 g/mol. The minimum Gasteiger partial charge on any atom is -0.338 e. The molecule has 72 valence electrons. The lowest BCUT2D eigenvalue weighted by atomic mass is 10.2. The molecular formula is C9H8BrN3O. The van der Waals surface area contributed by atoms with Crippen molar-refractivity contribution in [3.8, 4) is 11.4 Å². The molecule has 0 bridgehead atoms. The summed E-state index contributed by atoms with van der Waals surface area (Å²) in [5.74, 6) is 1.01. The van der Waals surface area contributed by atoms with Crippen molar-refractivity contribution in [2.24, 2.45) is 5.73 Å². The van der Waals surface area contributed by atoms with Gasteiger partial charge in [0.05, 0.1) is 6.54 Å². The summed E-state index contributed by atoms with van der Waals surface area (Å²) in [6.45, 7) is 0.267. The zero-order valence-electron chi connectivity index (χ0n) is 7.27. The van der Waals surface area contributed by atoms with Crippen LogP contribution in [0, 0.1) is 0 Å². The third-order valence-electron chi connectivity index (χ3n) is 1.75. The Balaban J connectivity index is 2.34. The average molecular weight is 254 g/mol. The molecule has 14 heavy (non-hydrogen) atoms. The number of halogens is 1. The molecule has 0 saturated carbocycles. The topological polar surface area (TPSA) is 64.9 Å². The van der Waals surface area contributed by atoms with Gasteiger partial charge in [0.1, 0.15) is 0 Å². The fourth-order valence-corrected chi connectivity index (χ4v) is 1.32. The van der Waals surface area contributed by atoms with Gasteiger partial charge in [0.15, 0.2) is 0 Å². The Bertz CT molecular complexity index is 424. The van der Waals surface area contributed by atoms with Crippen molar-refractivity contribution in [2.45, 2.75) is 6.54 Å². The summed E-state index contributed by atoms with van der Waals surface area (Å²) >= 11 is 3.35. The van der Waals surface area contributed by atoms with Crippen LogP contribution in [0.3, 0.4) is 0 Å². The highest BCUT2D eigenvalue weighted by molar-refractivity contribution is 9.10. The van der Waals surface area contributed by atoms with Crippen LogP contribution in [-0.2, 0) is 6.54 Å². The first-order chi connectivity index (χ1) is 6.79. The molecule has 5 heteroatoms. The Morgan fingerprint density at radius 3 is 2.57 bits per heavy atom. The van der Waals surface area contributed by atoms with E-state index in [1.807, 2.05) is 24.3 Å². The maximum Gasteiger partial charge on any atom is 0.240 e. The molecule has 1 heterocycles. The van der Waals surface area contributed by atoms with Crippen LogP contribution in [-0.4, -0.2) is 10.1 Å². The third-order valence-corrected chi connectivity index (χ3v) is 2.27. The lowest BCUT2D eigenvalue weighted by Crippen LogP contribution is -1.95. The van der Waals surface area contributed by atoms with Gasteiger partial charge in [-0.2, -0.15) is 4.98 Å². The third kappa shape index (κ3) is 1.83. The smallest absolute Gasteiger partial charge is 0.240 e. The van der Waals surface area contributed by atoms with Crippen molar-refractivity contribution in [1.29, 1.82) is 0 Å². The molecule has 0 aliphatic heterocycles. The first-order valence-electron chi connectivity index (χ1n) is 4.08. The number of aromatic nitrogens is 2. The molecule has 1 aromatic carbocycles. The number of hydrogen-bond donors (Lipinski definition) is 1. The minimum absolute atomic E-state index is 0.267. The second kappa shape index (κ2) is 3.89. The second-order valence-electron chi connectivity index (χ2n) is 2.72. The molecule has 0 saturated heterocycles. The van der Waals surface area contributed by atoms with Gasteiger partial charge in [-0.15, -0.1) is 0 Å². The highest BCUT2D eigenvalue weighted by Crippen LogP contribution is 2.18. The standard InChI is InChI=1S/C9H8BrN3O/c10-7-3-1-6(2-4-7)9-12-8(5-11)14-13-9/h1-4H,5,11H2. The summed E-state index contributed by atoms with van der Waals surface area (Å²) in [4.78, 5) is 4.11. The number of rotatable bonds is 2. The van der Waals surface area contributed by atoms with E-state index in [0.29, 0.717) is 11.7 Å². The SMILES string of the molecule is NCc1nc(-c2ccc(Br)cc2)no1. The number of nitrogens with zero attached hydrogens (tertiary/aromatic N) is 2. The molecule has 0 aliphatic rings. The van der Waals surface area contributed by atoms with Gasteiger partial charge in [0, 0.05) is 10.0 Å². The second-order valence-corrected chi connectivity index (χ2v) is 3.64. The van der Waals surface area contributed by atoms with Crippen molar-refractivity contribution in [3.63, 3.8) is 0 Å². The van der Waals surface area contributed by atoms with Crippen LogP contribution < -0.4 is 5.73 Å². The molecular weight excluding hydrogens is 246 g/mol. The summed E-state index contributed by atoms with van der Waals surface area (Å²) in [5.41, 5.74) is 6.28. The van der Waals surface area contributed by atoms with E-state index in [0.717, 1.165) is 10.0 Å². The summed E-state index contributed by atoms with van der Waals surface area (Å²) in [5, 5.41) is 3.81.